The number of carbonyl (C=O) groups is 1. The molecule has 1 aliphatic heterocycles. The van der Waals surface area contributed by atoms with Gasteiger partial charge in [0.25, 0.3) is 0 Å². The zero-order valence-electron chi connectivity index (χ0n) is 13.0. The van der Waals surface area contributed by atoms with Crippen molar-refractivity contribution in [2.24, 2.45) is 11.7 Å². The second-order valence-corrected chi connectivity index (χ2v) is 5.72. The summed E-state index contributed by atoms with van der Waals surface area (Å²) in [6.45, 7) is 3.50. The minimum absolute atomic E-state index is 0. The van der Waals surface area contributed by atoms with Gasteiger partial charge >= 0.3 is 0 Å². The van der Waals surface area contributed by atoms with Gasteiger partial charge < -0.3 is 15.4 Å². The van der Waals surface area contributed by atoms with E-state index < -0.39 is 5.82 Å². The number of nitrogens with two attached hydrogens (primary N) is 1. The molecule has 0 bridgehead atoms. The van der Waals surface area contributed by atoms with Crippen molar-refractivity contribution >= 4 is 18.3 Å². The topological polar surface area (TPSA) is 55.6 Å². The molecule has 1 atom stereocenters. The molecule has 22 heavy (non-hydrogen) atoms. The lowest BCUT2D eigenvalue weighted by molar-refractivity contribution is -0.131. The summed E-state index contributed by atoms with van der Waals surface area (Å²) in [5.74, 6) is 0.303. The summed E-state index contributed by atoms with van der Waals surface area (Å²) < 4.78 is 18.5. The molecular formula is C16H24ClFN2O2. The molecule has 1 unspecified atom stereocenters. The molecule has 2 rings (SSSR count). The maximum Gasteiger partial charge on any atom is 0.226 e. The number of amides is 1. The third kappa shape index (κ3) is 4.58. The normalized spacial score (nSPS) is 16.8. The van der Waals surface area contributed by atoms with Crippen LogP contribution in [-0.4, -0.2) is 37.0 Å². The quantitative estimate of drug-likeness (QED) is 0.922. The maximum atomic E-state index is 13.6. The Labute approximate surface area is 137 Å². The number of benzene rings is 1. The van der Waals surface area contributed by atoms with Gasteiger partial charge in [0.15, 0.2) is 11.6 Å². The van der Waals surface area contributed by atoms with Crippen molar-refractivity contribution in [2.75, 3.05) is 20.2 Å². The van der Waals surface area contributed by atoms with E-state index in [9.17, 15) is 9.18 Å². The third-order valence-corrected chi connectivity index (χ3v) is 4.21. The highest BCUT2D eigenvalue weighted by atomic mass is 35.5. The van der Waals surface area contributed by atoms with Crippen LogP contribution < -0.4 is 10.5 Å². The van der Waals surface area contributed by atoms with Gasteiger partial charge in [-0.15, -0.1) is 12.4 Å². The number of rotatable bonds is 4. The summed E-state index contributed by atoms with van der Waals surface area (Å²) in [7, 11) is 1.42. The molecule has 1 fully saturated rings. The van der Waals surface area contributed by atoms with Crippen LogP contribution in [0.2, 0.25) is 0 Å². The Morgan fingerprint density at radius 1 is 1.45 bits per heavy atom. The van der Waals surface area contributed by atoms with Gasteiger partial charge in [0.05, 0.1) is 13.5 Å². The van der Waals surface area contributed by atoms with Crippen molar-refractivity contribution in [3.63, 3.8) is 0 Å². The summed E-state index contributed by atoms with van der Waals surface area (Å²) in [6, 6.07) is 4.83. The van der Waals surface area contributed by atoms with Crippen LogP contribution in [-0.2, 0) is 11.2 Å². The minimum atomic E-state index is -0.432. The zero-order valence-corrected chi connectivity index (χ0v) is 13.9. The monoisotopic (exact) mass is 330 g/mol. The number of ether oxygens (including phenoxy) is 1. The Morgan fingerprint density at radius 3 is 2.59 bits per heavy atom. The number of hydrogen-bond donors (Lipinski definition) is 1. The average molecular weight is 331 g/mol. The molecular weight excluding hydrogens is 307 g/mol. The maximum absolute atomic E-state index is 13.6. The number of hydrogen-bond acceptors (Lipinski definition) is 3. The van der Waals surface area contributed by atoms with Gasteiger partial charge in [-0.05, 0) is 43.4 Å². The van der Waals surface area contributed by atoms with Crippen molar-refractivity contribution in [2.45, 2.75) is 32.2 Å². The standard InChI is InChI=1S/C16H23FN2O2.ClH/c1-11(18)13-5-7-19(8-6-13)16(20)10-12-3-4-15(21-2)14(17)9-12;/h3-4,9,11,13H,5-8,10,18H2,1-2H3;1H. The molecule has 4 nitrogen and oxygen atoms in total. The first-order valence-corrected chi connectivity index (χ1v) is 7.37. The van der Waals surface area contributed by atoms with E-state index in [1.807, 2.05) is 11.8 Å². The van der Waals surface area contributed by atoms with Gasteiger partial charge in [0, 0.05) is 19.1 Å². The molecule has 1 aromatic rings. The number of piperidine rings is 1. The van der Waals surface area contributed by atoms with Gasteiger partial charge in [-0.25, -0.2) is 4.39 Å². The van der Waals surface area contributed by atoms with Gasteiger partial charge in [0.2, 0.25) is 5.91 Å². The molecule has 1 saturated heterocycles. The highest BCUT2D eigenvalue weighted by Gasteiger charge is 2.24. The van der Waals surface area contributed by atoms with E-state index in [-0.39, 0.29) is 36.5 Å². The van der Waals surface area contributed by atoms with Gasteiger partial charge in [-0.2, -0.15) is 0 Å². The van der Waals surface area contributed by atoms with Crippen molar-refractivity contribution in [1.29, 1.82) is 0 Å². The van der Waals surface area contributed by atoms with Crippen LogP contribution in [0, 0.1) is 11.7 Å². The summed E-state index contributed by atoms with van der Waals surface area (Å²) in [6.07, 6.45) is 2.12. The molecule has 0 radical (unpaired) electrons. The van der Waals surface area contributed by atoms with E-state index in [2.05, 4.69) is 0 Å². The zero-order chi connectivity index (χ0) is 15.4. The van der Waals surface area contributed by atoms with E-state index in [0.717, 1.165) is 25.9 Å². The Morgan fingerprint density at radius 2 is 2.09 bits per heavy atom. The van der Waals surface area contributed by atoms with Crippen molar-refractivity contribution in [1.82, 2.24) is 4.90 Å². The number of methoxy groups -OCH3 is 1. The van der Waals surface area contributed by atoms with Crippen LogP contribution in [0.3, 0.4) is 0 Å². The largest absolute Gasteiger partial charge is 0.494 e. The lowest BCUT2D eigenvalue weighted by Crippen LogP contribution is -2.43. The van der Waals surface area contributed by atoms with E-state index >= 15 is 0 Å². The van der Waals surface area contributed by atoms with E-state index in [0.29, 0.717) is 11.5 Å². The van der Waals surface area contributed by atoms with E-state index in [4.69, 9.17) is 10.5 Å². The molecule has 1 aliphatic rings. The highest BCUT2D eigenvalue weighted by Crippen LogP contribution is 2.21. The molecule has 0 saturated carbocycles. The van der Waals surface area contributed by atoms with Gasteiger partial charge in [-0.1, -0.05) is 6.07 Å². The fourth-order valence-corrected chi connectivity index (χ4v) is 2.78. The molecule has 2 N–H and O–H groups in total. The first-order chi connectivity index (χ1) is 10.0. The Bertz CT molecular complexity index is 503. The van der Waals surface area contributed by atoms with Crippen molar-refractivity contribution < 1.29 is 13.9 Å². The summed E-state index contributed by atoms with van der Waals surface area (Å²) in [5.41, 5.74) is 6.57. The number of halogens is 2. The average Bonchev–Trinajstić information content (AvgIpc) is 2.47. The second-order valence-electron chi connectivity index (χ2n) is 5.72. The molecule has 6 heteroatoms. The van der Waals surface area contributed by atoms with Crippen LogP contribution in [0.25, 0.3) is 0 Å². The highest BCUT2D eigenvalue weighted by molar-refractivity contribution is 5.85. The lowest BCUT2D eigenvalue weighted by Gasteiger charge is -2.33. The van der Waals surface area contributed by atoms with Crippen molar-refractivity contribution in [3.05, 3.63) is 29.6 Å². The Kier molecular flexibility index (Phi) is 7.10. The Balaban J connectivity index is 0.00000242. The van der Waals surface area contributed by atoms with E-state index in [1.165, 1.54) is 13.2 Å². The van der Waals surface area contributed by atoms with Crippen LogP contribution in [0.15, 0.2) is 18.2 Å². The predicted molar refractivity (Wildman–Crippen MR) is 86.9 cm³/mol. The van der Waals surface area contributed by atoms with E-state index in [1.54, 1.807) is 12.1 Å². The fraction of sp³-hybridized carbons (Fsp3) is 0.562. The van der Waals surface area contributed by atoms with Gasteiger partial charge in [-0.3, -0.25) is 4.79 Å². The van der Waals surface area contributed by atoms with Crippen LogP contribution in [0.4, 0.5) is 4.39 Å². The number of likely N-dealkylation sites (tertiary alicyclic amines) is 1. The second kappa shape index (κ2) is 8.34. The first kappa shape index (κ1) is 18.7. The summed E-state index contributed by atoms with van der Waals surface area (Å²) in [4.78, 5) is 14.1. The number of carbonyl (C=O) groups excluding carboxylic acids is 1. The fourth-order valence-electron chi connectivity index (χ4n) is 2.78. The van der Waals surface area contributed by atoms with Gasteiger partial charge in [0.1, 0.15) is 0 Å². The molecule has 0 aliphatic carbocycles. The molecule has 1 amide bonds. The molecule has 1 heterocycles. The SMILES string of the molecule is COc1ccc(CC(=O)N2CCC(C(C)N)CC2)cc1F.Cl. The molecule has 0 aromatic heterocycles. The lowest BCUT2D eigenvalue weighted by atomic mass is 9.91. The van der Waals surface area contributed by atoms with Crippen LogP contribution >= 0.6 is 12.4 Å². The smallest absolute Gasteiger partial charge is 0.226 e. The Hall–Kier alpha value is -1.33. The predicted octanol–water partition coefficient (Wildman–Crippen LogP) is 2.38. The summed E-state index contributed by atoms with van der Waals surface area (Å²) >= 11 is 0. The molecule has 124 valence electrons. The third-order valence-electron chi connectivity index (χ3n) is 4.21. The van der Waals surface area contributed by atoms with Crippen LogP contribution in [0.1, 0.15) is 25.3 Å². The van der Waals surface area contributed by atoms with Crippen molar-refractivity contribution in [3.8, 4) is 5.75 Å². The molecule has 0 spiro atoms. The van der Waals surface area contributed by atoms with Crippen LogP contribution in [0.5, 0.6) is 5.75 Å². The molecule has 1 aromatic carbocycles. The number of nitrogens with zero attached hydrogens (tertiary/aromatic N) is 1. The minimum Gasteiger partial charge on any atom is -0.494 e. The first-order valence-electron chi connectivity index (χ1n) is 7.37. The summed E-state index contributed by atoms with van der Waals surface area (Å²) in [5, 5.41) is 0.